The summed E-state index contributed by atoms with van der Waals surface area (Å²) in [6.45, 7) is 7.42. The van der Waals surface area contributed by atoms with Gasteiger partial charge in [0.15, 0.2) is 0 Å². The summed E-state index contributed by atoms with van der Waals surface area (Å²) in [5.74, 6) is 0.980. The first-order valence-electron chi connectivity index (χ1n) is 7.15. The number of para-hydroxylation sites is 1. The Labute approximate surface area is 116 Å². The van der Waals surface area contributed by atoms with Crippen molar-refractivity contribution < 1.29 is 9.47 Å². The summed E-state index contributed by atoms with van der Waals surface area (Å²) in [7, 11) is 1.74. The van der Waals surface area contributed by atoms with E-state index in [2.05, 4.69) is 44.3 Å². The molecule has 0 aliphatic carbocycles. The molecular formula is C16H25NO2. The van der Waals surface area contributed by atoms with Gasteiger partial charge in [0.25, 0.3) is 0 Å². The van der Waals surface area contributed by atoms with Crippen molar-refractivity contribution in [3.05, 3.63) is 29.8 Å². The standard InChI is InChI=1S/C16H25NO2/c1-5-10-17-14-11-16(3,12(2)18-4)19-15-9-7-6-8-13(14)15/h6-9,12,14,17H,5,10-11H2,1-4H3. The van der Waals surface area contributed by atoms with E-state index in [1.807, 2.05) is 6.07 Å². The van der Waals surface area contributed by atoms with E-state index in [-0.39, 0.29) is 11.7 Å². The van der Waals surface area contributed by atoms with Crippen molar-refractivity contribution in [2.75, 3.05) is 13.7 Å². The Balaban J connectivity index is 2.28. The Kier molecular flexibility index (Phi) is 4.48. The van der Waals surface area contributed by atoms with E-state index in [9.17, 15) is 0 Å². The second kappa shape index (κ2) is 5.93. The van der Waals surface area contributed by atoms with E-state index in [4.69, 9.17) is 9.47 Å². The highest BCUT2D eigenvalue weighted by molar-refractivity contribution is 5.39. The smallest absolute Gasteiger partial charge is 0.134 e. The summed E-state index contributed by atoms with van der Waals surface area (Å²) < 4.78 is 11.7. The van der Waals surface area contributed by atoms with E-state index >= 15 is 0 Å². The van der Waals surface area contributed by atoms with Crippen LogP contribution in [-0.4, -0.2) is 25.4 Å². The average molecular weight is 263 g/mol. The van der Waals surface area contributed by atoms with Crippen molar-refractivity contribution in [3.8, 4) is 5.75 Å². The summed E-state index contributed by atoms with van der Waals surface area (Å²) in [4.78, 5) is 0. The highest BCUT2D eigenvalue weighted by atomic mass is 16.5. The molecule has 0 spiro atoms. The lowest BCUT2D eigenvalue weighted by Gasteiger charge is -2.43. The van der Waals surface area contributed by atoms with E-state index < -0.39 is 0 Å². The minimum Gasteiger partial charge on any atom is -0.484 e. The molecule has 1 aromatic carbocycles. The largest absolute Gasteiger partial charge is 0.484 e. The fourth-order valence-corrected chi connectivity index (χ4v) is 2.67. The molecule has 0 fully saturated rings. The van der Waals surface area contributed by atoms with E-state index in [0.29, 0.717) is 6.04 Å². The maximum absolute atomic E-state index is 6.22. The SMILES string of the molecule is CCCNC1CC(C)(C(C)OC)Oc2ccccc21. The lowest BCUT2D eigenvalue weighted by molar-refractivity contribution is -0.0731. The summed E-state index contributed by atoms with van der Waals surface area (Å²) in [5, 5.41) is 3.63. The molecule has 19 heavy (non-hydrogen) atoms. The molecule has 0 aromatic heterocycles. The molecule has 1 aromatic rings. The monoisotopic (exact) mass is 263 g/mol. The van der Waals surface area contributed by atoms with Crippen LogP contribution in [0.5, 0.6) is 5.75 Å². The number of nitrogens with one attached hydrogen (secondary N) is 1. The van der Waals surface area contributed by atoms with Gasteiger partial charge < -0.3 is 14.8 Å². The molecule has 3 atom stereocenters. The molecule has 0 radical (unpaired) electrons. The van der Waals surface area contributed by atoms with Gasteiger partial charge in [0, 0.05) is 25.1 Å². The number of ether oxygens (including phenoxy) is 2. The summed E-state index contributed by atoms with van der Waals surface area (Å²) in [6.07, 6.45) is 2.13. The Morgan fingerprint density at radius 1 is 1.47 bits per heavy atom. The van der Waals surface area contributed by atoms with E-state index in [0.717, 1.165) is 25.1 Å². The van der Waals surface area contributed by atoms with Crippen LogP contribution in [0.15, 0.2) is 24.3 Å². The summed E-state index contributed by atoms with van der Waals surface area (Å²) in [5.41, 5.74) is 0.978. The maximum atomic E-state index is 6.22. The van der Waals surface area contributed by atoms with Crippen LogP contribution in [0.25, 0.3) is 0 Å². The second-order valence-electron chi connectivity index (χ2n) is 5.54. The van der Waals surface area contributed by atoms with Gasteiger partial charge in [-0.05, 0) is 32.9 Å². The van der Waals surface area contributed by atoms with Crippen molar-refractivity contribution in [1.29, 1.82) is 0 Å². The average Bonchev–Trinajstić information content (AvgIpc) is 2.43. The summed E-state index contributed by atoms with van der Waals surface area (Å²) in [6, 6.07) is 8.65. The van der Waals surface area contributed by atoms with Crippen LogP contribution < -0.4 is 10.1 Å². The normalized spacial score (nSPS) is 27.5. The van der Waals surface area contributed by atoms with Crippen LogP contribution in [-0.2, 0) is 4.74 Å². The molecule has 3 unspecified atom stereocenters. The molecule has 106 valence electrons. The number of rotatable bonds is 5. The molecule has 2 rings (SSSR count). The van der Waals surface area contributed by atoms with Gasteiger partial charge in [-0.2, -0.15) is 0 Å². The topological polar surface area (TPSA) is 30.5 Å². The minimum atomic E-state index is -0.283. The van der Waals surface area contributed by atoms with Gasteiger partial charge in [-0.15, -0.1) is 0 Å². The zero-order valence-electron chi connectivity index (χ0n) is 12.4. The quantitative estimate of drug-likeness (QED) is 0.884. The highest BCUT2D eigenvalue weighted by Gasteiger charge is 2.41. The molecule has 0 saturated heterocycles. The predicted octanol–water partition coefficient (Wildman–Crippen LogP) is 3.30. The third-order valence-corrected chi connectivity index (χ3v) is 4.10. The lowest BCUT2D eigenvalue weighted by atomic mass is 9.85. The first kappa shape index (κ1) is 14.4. The molecule has 0 saturated carbocycles. The van der Waals surface area contributed by atoms with Crippen LogP contribution in [0.3, 0.4) is 0 Å². The molecule has 3 heteroatoms. The summed E-state index contributed by atoms with van der Waals surface area (Å²) >= 11 is 0. The maximum Gasteiger partial charge on any atom is 0.134 e. The highest BCUT2D eigenvalue weighted by Crippen LogP contribution is 2.41. The van der Waals surface area contributed by atoms with Crippen LogP contribution in [0.4, 0.5) is 0 Å². The zero-order chi connectivity index (χ0) is 13.9. The Morgan fingerprint density at radius 2 is 2.21 bits per heavy atom. The molecule has 0 bridgehead atoms. The van der Waals surface area contributed by atoms with Crippen LogP contribution >= 0.6 is 0 Å². The zero-order valence-corrected chi connectivity index (χ0v) is 12.4. The van der Waals surface area contributed by atoms with Gasteiger partial charge in [-0.1, -0.05) is 25.1 Å². The van der Waals surface area contributed by atoms with Gasteiger partial charge in [-0.3, -0.25) is 0 Å². The molecule has 0 amide bonds. The molecule has 1 aliphatic rings. The predicted molar refractivity (Wildman–Crippen MR) is 77.6 cm³/mol. The van der Waals surface area contributed by atoms with Crippen LogP contribution in [0.1, 0.15) is 45.2 Å². The Hall–Kier alpha value is -1.06. The van der Waals surface area contributed by atoms with Gasteiger partial charge in [0.2, 0.25) is 0 Å². The number of benzene rings is 1. The van der Waals surface area contributed by atoms with Gasteiger partial charge >= 0.3 is 0 Å². The fraction of sp³-hybridized carbons (Fsp3) is 0.625. The molecule has 1 aliphatic heterocycles. The Morgan fingerprint density at radius 3 is 2.89 bits per heavy atom. The van der Waals surface area contributed by atoms with Crippen molar-refractivity contribution >= 4 is 0 Å². The minimum absolute atomic E-state index is 0.0618. The first-order valence-corrected chi connectivity index (χ1v) is 7.15. The fourth-order valence-electron chi connectivity index (χ4n) is 2.67. The number of methoxy groups -OCH3 is 1. The van der Waals surface area contributed by atoms with Gasteiger partial charge in [0.05, 0.1) is 6.10 Å². The van der Waals surface area contributed by atoms with E-state index in [1.165, 1.54) is 5.56 Å². The third-order valence-electron chi connectivity index (χ3n) is 4.10. The lowest BCUT2D eigenvalue weighted by Crippen LogP contribution is -2.50. The third kappa shape index (κ3) is 2.93. The first-order chi connectivity index (χ1) is 9.10. The number of hydrogen-bond donors (Lipinski definition) is 1. The molecule has 1 N–H and O–H groups in total. The number of hydrogen-bond acceptors (Lipinski definition) is 3. The van der Waals surface area contributed by atoms with Gasteiger partial charge in [-0.25, -0.2) is 0 Å². The van der Waals surface area contributed by atoms with Crippen molar-refractivity contribution in [3.63, 3.8) is 0 Å². The van der Waals surface area contributed by atoms with Gasteiger partial charge in [0.1, 0.15) is 11.4 Å². The molecule has 3 nitrogen and oxygen atoms in total. The van der Waals surface area contributed by atoms with E-state index in [1.54, 1.807) is 7.11 Å². The van der Waals surface area contributed by atoms with Crippen LogP contribution in [0, 0.1) is 0 Å². The molecule has 1 heterocycles. The Bertz CT molecular complexity index is 421. The second-order valence-corrected chi connectivity index (χ2v) is 5.54. The van der Waals surface area contributed by atoms with Crippen molar-refractivity contribution in [1.82, 2.24) is 5.32 Å². The van der Waals surface area contributed by atoms with Crippen LogP contribution in [0.2, 0.25) is 0 Å². The number of fused-ring (bicyclic) bond motifs is 1. The molecular weight excluding hydrogens is 238 g/mol. The van der Waals surface area contributed by atoms with Crippen molar-refractivity contribution in [2.24, 2.45) is 0 Å². The van der Waals surface area contributed by atoms with Crippen molar-refractivity contribution in [2.45, 2.75) is 51.4 Å².